The molecule has 1 nitrogen and oxygen atoms in total. The molecule has 0 atom stereocenters. The Morgan fingerprint density at radius 2 is 2.07 bits per heavy atom. The lowest BCUT2D eigenvalue weighted by molar-refractivity contribution is 0.102. The van der Waals surface area contributed by atoms with E-state index >= 15 is 0 Å². The Balaban J connectivity index is 2.22. The second-order valence-electron chi connectivity index (χ2n) is 4.21. The van der Waals surface area contributed by atoms with Crippen LogP contribution < -0.4 is 0 Å². The summed E-state index contributed by atoms with van der Waals surface area (Å²) in [5.74, 6) is 0.730. The molecule has 0 unspecified atom stereocenters. The molecule has 0 bridgehead atoms. The van der Waals surface area contributed by atoms with Gasteiger partial charge in [-0.25, -0.2) is 0 Å². The highest BCUT2D eigenvalue weighted by Gasteiger charge is 2.21. The molecule has 1 aromatic heterocycles. The highest BCUT2D eigenvalue weighted by Crippen LogP contribution is 2.41. The van der Waals surface area contributed by atoms with Gasteiger partial charge in [-0.2, -0.15) is 0 Å². The van der Waals surface area contributed by atoms with E-state index < -0.39 is 0 Å². The summed E-state index contributed by atoms with van der Waals surface area (Å²) in [6.45, 7) is 1.60. The Hall–Kier alpha value is -0.340. The number of ketones is 1. The van der Waals surface area contributed by atoms with Crippen molar-refractivity contribution in [3.05, 3.63) is 20.8 Å². The highest BCUT2D eigenvalue weighted by atomic mass is 35.5. The van der Waals surface area contributed by atoms with Crippen molar-refractivity contribution >= 4 is 28.7 Å². The van der Waals surface area contributed by atoms with Crippen LogP contribution in [0.4, 0.5) is 0 Å². The van der Waals surface area contributed by atoms with Gasteiger partial charge in [0.1, 0.15) is 0 Å². The van der Waals surface area contributed by atoms with Gasteiger partial charge in [-0.3, -0.25) is 4.79 Å². The van der Waals surface area contributed by atoms with E-state index in [0.29, 0.717) is 5.92 Å². The molecule has 3 heteroatoms. The Morgan fingerprint density at radius 3 is 2.60 bits per heavy atom. The molecule has 2 rings (SSSR count). The number of carbonyl (C=O) groups excluding carboxylic acids is 1. The fourth-order valence-electron chi connectivity index (χ4n) is 2.20. The fraction of sp³-hybridized carbons (Fsp3) is 0.583. The van der Waals surface area contributed by atoms with Crippen molar-refractivity contribution in [1.82, 2.24) is 0 Å². The summed E-state index contributed by atoms with van der Waals surface area (Å²) in [5, 5.41) is 0.803. The zero-order valence-corrected chi connectivity index (χ0v) is 10.5. The second-order valence-corrected chi connectivity index (χ2v) is 5.70. The molecule has 0 saturated heterocycles. The van der Waals surface area contributed by atoms with Gasteiger partial charge in [0.15, 0.2) is 5.78 Å². The van der Waals surface area contributed by atoms with Crippen LogP contribution in [0.3, 0.4) is 0 Å². The van der Waals surface area contributed by atoms with Gasteiger partial charge >= 0.3 is 0 Å². The normalized spacial score (nSPS) is 18.0. The van der Waals surface area contributed by atoms with E-state index in [2.05, 4.69) is 0 Å². The molecule has 1 heterocycles. The van der Waals surface area contributed by atoms with Crippen LogP contribution in [-0.4, -0.2) is 5.78 Å². The van der Waals surface area contributed by atoms with Crippen LogP contribution in [0.15, 0.2) is 6.07 Å². The smallest absolute Gasteiger partial charge is 0.169 e. The molecule has 1 fully saturated rings. The van der Waals surface area contributed by atoms with Gasteiger partial charge in [0.05, 0.1) is 9.90 Å². The predicted molar refractivity (Wildman–Crippen MR) is 65.2 cm³/mol. The lowest BCUT2D eigenvalue weighted by Crippen LogP contribution is -2.02. The number of thiophene rings is 1. The Bertz CT molecular complexity index is 364. The number of carbonyl (C=O) groups is 1. The van der Waals surface area contributed by atoms with Gasteiger partial charge in [-0.05, 0) is 31.7 Å². The standard InChI is InChI=1S/C12H15ClOS/c1-8(14)11-7-10(13)12(15-11)9-5-3-2-4-6-9/h7,9H,2-6H2,1H3. The van der Waals surface area contributed by atoms with Gasteiger partial charge in [0.25, 0.3) is 0 Å². The van der Waals surface area contributed by atoms with Gasteiger partial charge in [0.2, 0.25) is 0 Å². The molecule has 0 spiro atoms. The quantitative estimate of drug-likeness (QED) is 0.690. The average Bonchev–Trinajstić information content (AvgIpc) is 2.62. The third-order valence-corrected chi connectivity index (χ3v) is 4.86. The topological polar surface area (TPSA) is 17.1 Å². The molecule has 0 aliphatic heterocycles. The third-order valence-electron chi connectivity index (χ3n) is 3.04. The SMILES string of the molecule is CC(=O)c1cc(Cl)c(C2CCCCC2)s1. The largest absolute Gasteiger partial charge is 0.294 e. The van der Waals surface area contributed by atoms with Crippen molar-refractivity contribution in [2.24, 2.45) is 0 Å². The van der Waals surface area contributed by atoms with Crippen molar-refractivity contribution in [3.8, 4) is 0 Å². The number of halogens is 1. The van der Waals surface area contributed by atoms with Gasteiger partial charge in [-0.15, -0.1) is 11.3 Å². The molecule has 82 valence electrons. The minimum absolute atomic E-state index is 0.129. The highest BCUT2D eigenvalue weighted by molar-refractivity contribution is 7.14. The zero-order valence-electron chi connectivity index (χ0n) is 8.88. The Kier molecular flexibility index (Phi) is 3.47. The predicted octanol–water partition coefficient (Wildman–Crippen LogP) is 4.65. The monoisotopic (exact) mass is 242 g/mol. The number of Topliss-reactive ketones (excluding diaryl/α,β-unsaturated/α-hetero) is 1. The first kappa shape index (κ1) is 11.2. The van der Waals surface area contributed by atoms with E-state index in [1.807, 2.05) is 6.07 Å². The maximum Gasteiger partial charge on any atom is 0.169 e. The van der Waals surface area contributed by atoms with Crippen LogP contribution in [0.1, 0.15) is 59.5 Å². The molecule has 15 heavy (non-hydrogen) atoms. The van der Waals surface area contributed by atoms with E-state index in [4.69, 9.17) is 11.6 Å². The van der Waals surface area contributed by atoms with Gasteiger partial charge < -0.3 is 0 Å². The number of rotatable bonds is 2. The molecule has 1 saturated carbocycles. The van der Waals surface area contributed by atoms with Crippen LogP contribution in [-0.2, 0) is 0 Å². The molecule has 1 aliphatic rings. The molecular weight excluding hydrogens is 228 g/mol. The number of hydrogen-bond donors (Lipinski definition) is 0. The van der Waals surface area contributed by atoms with Gasteiger partial charge in [0, 0.05) is 4.88 Å². The summed E-state index contributed by atoms with van der Waals surface area (Å²) < 4.78 is 0. The summed E-state index contributed by atoms with van der Waals surface area (Å²) in [6.07, 6.45) is 6.41. The van der Waals surface area contributed by atoms with Crippen molar-refractivity contribution in [2.75, 3.05) is 0 Å². The summed E-state index contributed by atoms with van der Waals surface area (Å²) in [6, 6.07) is 1.83. The molecule has 1 aromatic rings. The summed E-state index contributed by atoms with van der Waals surface area (Å²) in [7, 11) is 0. The lowest BCUT2D eigenvalue weighted by Gasteiger charge is -2.20. The van der Waals surface area contributed by atoms with Crippen LogP contribution in [0.25, 0.3) is 0 Å². The first-order chi connectivity index (χ1) is 7.18. The van der Waals surface area contributed by atoms with Crippen LogP contribution in [0.2, 0.25) is 5.02 Å². The molecular formula is C12H15ClOS. The van der Waals surface area contributed by atoms with E-state index in [1.165, 1.54) is 37.0 Å². The van der Waals surface area contributed by atoms with Crippen LogP contribution >= 0.6 is 22.9 Å². The lowest BCUT2D eigenvalue weighted by atomic mass is 9.88. The van der Waals surface area contributed by atoms with Crippen LogP contribution in [0, 0.1) is 0 Å². The minimum atomic E-state index is 0.129. The Morgan fingerprint density at radius 1 is 1.40 bits per heavy atom. The van der Waals surface area contributed by atoms with Gasteiger partial charge in [-0.1, -0.05) is 30.9 Å². The second kappa shape index (κ2) is 4.67. The third kappa shape index (κ3) is 2.43. The minimum Gasteiger partial charge on any atom is -0.294 e. The van der Waals surface area contributed by atoms with E-state index in [1.54, 1.807) is 18.3 Å². The van der Waals surface area contributed by atoms with E-state index in [9.17, 15) is 4.79 Å². The maximum absolute atomic E-state index is 11.2. The Labute approximate surface area is 99.5 Å². The van der Waals surface area contributed by atoms with E-state index in [-0.39, 0.29) is 5.78 Å². The van der Waals surface area contributed by atoms with Crippen LogP contribution in [0.5, 0.6) is 0 Å². The van der Waals surface area contributed by atoms with Crippen molar-refractivity contribution < 1.29 is 4.79 Å². The van der Waals surface area contributed by atoms with Crippen molar-refractivity contribution in [3.63, 3.8) is 0 Å². The summed E-state index contributed by atoms with van der Waals surface area (Å²) >= 11 is 7.77. The zero-order chi connectivity index (χ0) is 10.8. The molecule has 0 amide bonds. The molecule has 0 N–H and O–H groups in total. The van der Waals surface area contributed by atoms with Crippen molar-refractivity contribution in [2.45, 2.75) is 44.9 Å². The summed E-state index contributed by atoms with van der Waals surface area (Å²) in [5.41, 5.74) is 0. The molecule has 1 aliphatic carbocycles. The van der Waals surface area contributed by atoms with Crippen molar-refractivity contribution in [1.29, 1.82) is 0 Å². The summed E-state index contributed by atoms with van der Waals surface area (Å²) in [4.78, 5) is 13.3. The average molecular weight is 243 g/mol. The number of hydrogen-bond acceptors (Lipinski definition) is 2. The first-order valence-electron chi connectivity index (χ1n) is 5.48. The first-order valence-corrected chi connectivity index (χ1v) is 6.68. The fourth-order valence-corrected chi connectivity index (χ4v) is 3.76. The van der Waals surface area contributed by atoms with E-state index in [0.717, 1.165) is 9.90 Å². The molecule has 0 aromatic carbocycles. The molecule has 0 radical (unpaired) electrons. The maximum atomic E-state index is 11.2.